The zero-order valence-corrected chi connectivity index (χ0v) is 6.63. The highest BCUT2D eigenvalue weighted by Gasteiger charge is 2.17. The van der Waals surface area contributed by atoms with Crippen molar-refractivity contribution in [3.63, 3.8) is 0 Å². The van der Waals surface area contributed by atoms with E-state index in [9.17, 15) is 0 Å². The van der Waals surface area contributed by atoms with Crippen LogP contribution >= 0.6 is 11.1 Å². The van der Waals surface area contributed by atoms with Crippen molar-refractivity contribution in [3.05, 3.63) is 0 Å². The molecule has 0 saturated heterocycles. The molecule has 0 spiro atoms. The van der Waals surface area contributed by atoms with Crippen molar-refractivity contribution in [1.29, 1.82) is 0 Å². The quantitative estimate of drug-likeness (QED) is 0.422. The Balaban J connectivity index is 3.36. The average Bonchev–Trinajstić information content (AvgIpc) is 1.68. The lowest BCUT2D eigenvalue weighted by molar-refractivity contribution is 1.06. The summed E-state index contributed by atoms with van der Waals surface area (Å²) in [6, 6.07) is 0. The van der Waals surface area contributed by atoms with Crippen LogP contribution in [-0.4, -0.2) is 21.8 Å². The highest BCUT2D eigenvalue weighted by atomic mass is 35.6. The maximum absolute atomic E-state index is 5.82. The Morgan fingerprint density at radius 2 is 1.57 bits per heavy atom. The van der Waals surface area contributed by atoms with E-state index in [-0.39, 0.29) is 0 Å². The summed E-state index contributed by atoms with van der Waals surface area (Å²) in [5.74, 6) is 0. The Morgan fingerprint density at radius 1 is 1.29 bits per heavy atom. The third-order valence-electron chi connectivity index (χ3n) is 0.939. The molecule has 7 heavy (non-hydrogen) atoms. The smallest absolute Gasteiger partial charge is 0.298 e. The molecule has 0 aromatic rings. The molecule has 0 unspecified atom stereocenters. The largest absolute Gasteiger partial charge is 0.316 e. The van der Waals surface area contributed by atoms with E-state index in [1.54, 1.807) is 0 Å². The van der Waals surface area contributed by atoms with Gasteiger partial charge in [0, 0.05) is 0 Å². The first-order chi connectivity index (χ1) is 3.12. The van der Waals surface area contributed by atoms with Gasteiger partial charge in [-0.25, -0.2) is 0 Å². The summed E-state index contributed by atoms with van der Waals surface area (Å²) in [5.41, 5.74) is 0. The fraction of sp³-hybridized carbons (Fsp3) is 1.00. The molecule has 0 aromatic heterocycles. The van der Waals surface area contributed by atoms with Gasteiger partial charge in [0.2, 0.25) is 0 Å². The summed E-state index contributed by atoms with van der Waals surface area (Å²) in [6.07, 6.45) is 0. The number of hydrogen-bond donors (Lipinski definition) is 2. The molecule has 44 valence electrons. The number of hydrogen-bond acceptors (Lipinski definition) is 2. The first-order valence-corrected chi connectivity index (χ1v) is 5.70. The molecule has 0 rings (SSSR count). The van der Waals surface area contributed by atoms with E-state index in [2.05, 4.69) is 9.96 Å². The van der Waals surface area contributed by atoms with Gasteiger partial charge in [0.1, 0.15) is 0 Å². The molecule has 0 bridgehead atoms. The SMILES string of the molecule is CN[Si](C)(Cl)NC. The van der Waals surface area contributed by atoms with Crippen molar-refractivity contribution in [3.8, 4) is 0 Å². The van der Waals surface area contributed by atoms with Crippen LogP contribution in [0.25, 0.3) is 0 Å². The molecule has 2 N–H and O–H groups in total. The van der Waals surface area contributed by atoms with Gasteiger partial charge >= 0.3 is 0 Å². The molecule has 0 aliphatic heterocycles. The fourth-order valence-corrected chi connectivity index (χ4v) is 0.375. The van der Waals surface area contributed by atoms with Gasteiger partial charge in [-0.3, -0.25) is 0 Å². The molecule has 0 aromatic carbocycles. The van der Waals surface area contributed by atoms with E-state index in [1.165, 1.54) is 0 Å². The lowest BCUT2D eigenvalue weighted by Crippen LogP contribution is -2.51. The monoisotopic (exact) mass is 138 g/mol. The van der Waals surface area contributed by atoms with E-state index < -0.39 is 7.71 Å². The van der Waals surface area contributed by atoms with Crippen LogP contribution < -0.4 is 9.96 Å². The molecular weight excluding hydrogens is 128 g/mol. The van der Waals surface area contributed by atoms with E-state index in [0.717, 1.165) is 0 Å². The number of halogens is 1. The molecule has 0 radical (unpaired) electrons. The summed E-state index contributed by atoms with van der Waals surface area (Å²) in [4.78, 5) is 5.97. The maximum atomic E-state index is 5.82. The van der Waals surface area contributed by atoms with Gasteiger partial charge in [-0.15, -0.1) is 11.1 Å². The molecular formula is C3H11ClN2Si. The van der Waals surface area contributed by atoms with Gasteiger partial charge in [-0.2, -0.15) is 0 Å². The zero-order chi connectivity index (χ0) is 5.91. The Labute approximate surface area is 50.1 Å². The molecule has 0 atom stereocenters. The summed E-state index contributed by atoms with van der Waals surface area (Å²) < 4.78 is 0. The Morgan fingerprint density at radius 3 is 1.57 bits per heavy atom. The molecule has 0 heterocycles. The third kappa shape index (κ3) is 3.05. The summed E-state index contributed by atoms with van der Waals surface area (Å²) >= 11 is 5.82. The lowest BCUT2D eigenvalue weighted by atomic mass is 11.6. The van der Waals surface area contributed by atoms with E-state index in [0.29, 0.717) is 0 Å². The van der Waals surface area contributed by atoms with Crippen LogP contribution in [0, 0.1) is 0 Å². The van der Waals surface area contributed by atoms with Crippen molar-refractivity contribution in [2.24, 2.45) is 0 Å². The van der Waals surface area contributed by atoms with Crippen LogP contribution in [0.2, 0.25) is 6.55 Å². The van der Waals surface area contributed by atoms with E-state index >= 15 is 0 Å². The number of nitrogens with one attached hydrogen (secondary N) is 2. The molecule has 0 aliphatic rings. The summed E-state index contributed by atoms with van der Waals surface area (Å²) in [5, 5.41) is 0. The minimum absolute atomic E-state index is 1.68. The molecule has 0 fully saturated rings. The van der Waals surface area contributed by atoms with Gasteiger partial charge < -0.3 is 9.96 Å². The predicted molar refractivity (Wildman–Crippen MR) is 35.6 cm³/mol. The highest BCUT2D eigenvalue weighted by molar-refractivity contribution is 7.16. The van der Waals surface area contributed by atoms with E-state index in [1.807, 2.05) is 20.6 Å². The minimum atomic E-state index is -1.68. The summed E-state index contributed by atoms with van der Waals surface area (Å²) in [7, 11) is 2.03. The normalized spacial score (nSPS) is 12.0. The van der Waals surface area contributed by atoms with Crippen LogP contribution in [0.5, 0.6) is 0 Å². The van der Waals surface area contributed by atoms with Crippen molar-refractivity contribution in [2.45, 2.75) is 6.55 Å². The van der Waals surface area contributed by atoms with Crippen LogP contribution in [0.1, 0.15) is 0 Å². The van der Waals surface area contributed by atoms with Crippen LogP contribution in [-0.2, 0) is 0 Å². The van der Waals surface area contributed by atoms with Crippen LogP contribution in [0.15, 0.2) is 0 Å². The van der Waals surface area contributed by atoms with Gasteiger partial charge in [0.05, 0.1) is 0 Å². The lowest BCUT2D eigenvalue weighted by Gasteiger charge is -2.14. The third-order valence-corrected chi connectivity index (χ3v) is 3.95. The molecule has 0 saturated carbocycles. The minimum Gasteiger partial charge on any atom is -0.316 e. The zero-order valence-electron chi connectivity index (χ0n) is 4.88. The second-order valence-electron chi connectivity index (χ2n) is 1.50. The van der Waals surface area contributed by atoms with Gasteiger partial charge in [-0.1, -0.05) is 0 Å². The van der Waals surface area contributed by atoms with Gasteiger partial charge in [0.15, 0.2) is 0 Å². The maximum Gasteiger partial charge on any atom is 0.298 e. The molecule has 0 aliphatic carbocycles. The van der Waals surface area contributed by atoms with Crippen LogP contribution in [0.3, 0.4) is 0 Å². The Bertz CT molecular complexity index is 50.9. The first kappa shape index (κ1) is 7.43. The Hall–Kier alpha value is 0.427. The first-order valence-electron chi connectivity index (χ1n) is 2.19. The van der Waals surface area contributed by atoms with Crippen molar-refractivity contribution < 1.29 is 0 Å². The van der Waals surface area contributed by atoms with Crippen LogP contribution in [0.4, 0.5) is 0 Å². The Kier molecular flexibility index (Phi) is 2.83. The molecule has 4 heteroatoms. The van der Waals surface area contributed by atoms with Crippen molar-refractivity contribution >= 4 is 18.8 Å². The van der Waals surface area contributed by atoms with Crippen molar-refractivity contribution in [1.82, 2.24) is 9.96 Å². The van der Waals surface area contributed by atoms with Gasteiger partial charge in [-0.05, 0) is 20.6 Å². The van der Waals surface area contributed by atoms with Crippen molar-refractivity contribution in [2.75, 3.05) is 14.1 Å². The number of rotatable bonds is 2. The fourth-order valence-electron chi connectivity index (χ4n) is 0.125. The second-order valence-corrected chi connectivity index (χ2v) is 6.78. The standard InChI is InChI=1S/C3H11ClN2Si/c1-5-7(3,4)6-2/h5-6H,1-3H3. The summed E-state index contributed by atoms with van der Waals surface area (Å²) in [6.45, 7) is 1.98. The highest BCUT2D eigenvalue weighted by Crippen LogP contribution is 1.93. The molecule has 0 amide bonds. The average molecular weight is 139 g/mol. The van der Waals surface area contributed by atoms with Gasteiger partial charge in [0.25, 0.3) is 7.71 Å². The topological polar surface area (TPSA) is 24.1 Å². The van der Waals surface area contributed by atoms with E-state index in [4.69, 9.17) is 11.1 Å². The predicted octanol–water partition coefficient (Wildman–Crippen LogP) is 0.233. The second kappa shape index (κ2) is 2.67. The molecule has 2 nitrogen and oxygen atoms in total.